The van der Waals surface area contributed by atoms with Crippen LogP contribution in [0.3, 0.4) is 0 Å². The van der Waals surface area contributed by atoms with Crippen LogP contribution in [0.15, 0.2) is 29.8 Å². The van der Waals surface area contributed by atoms with Crippen molar-refractivity contribution in [3.8, 4) is 5.75 Å². The minimum absolute atomic E-state index is 0.196. The van der Waals surface area contributed by atoms with Crippen molar-refractivity contribution >= 4 is 5.97 Å². The molecule has 20 heavy (non-hydrogen) atoms. The number of fused-ring (bicyclic) bond motifs is 1. The van der Waals surface area contributed by atoms with Gasteiger partial charge in [0.15, 0.2) is 0 Å². The monoisotopic (exact) mass is 279 g/mol. The smallest absolute Gasteiger partial charge is 0.319 e. The first kappa shape index (κ1) is 14.2. The third kappa shape index (κ3) is 2.84. The number of hydrogen-bond acceptors (Lipinski definition) is 4. The molecule has 2 atom stereocenters. The summed E-state index contributed by atoms with van der Waals surface area (Å²) in [6, 6.07) is 3.69. The zero-order chi connectivity index (χ0) is 14.9. The lowest BCUT2D eigenvalue weighted by molar-refractivity contribution is -0.484. The van der Waals surface area contributed by atoms with Crippen LogP contribution in [-0.4, -0.2) is 17.4 Å². The molecule has 0 saturated heterocycles. The number of esters is 1. The van der Waals surface area contributed by atoms with Gasteiger partial charge in [-0.1, -0.05) is 11.6 Å². The van der Waals surface area contributed by atoms with Crippen molar-refractivity contribution in [1.29, 1.82) is 0 Å². The highest BCUT2D eigenvalue weighted by Crippen LogP contribution is 2.39. The molecule has 0 aliphatic carbocycles. The van der Waals surface area contributed by atoms with Crippen molar-refractivity contribution in [3.63, 3.8) is 0 Å². The summed E-state index contributed by atoms with van der Waals surface area (Å²) in [7, 11) is 0. The minimum atomic E-state index is -0.764. The van der Waals surface area contributed by atoms with E-state index in [0.717, 1.165) is 11.6 Å². The fraction of sp³-hybridized carbons (Fsp3) is 0.357. The normalized spacial score (nSPS) is 20.9. The number of carbonyl (C=O) groups excluding carboxylic acids is 1. The Bertz CT molecular complexity index is 593. The van der Waals surface area contributed by atoms with E-state index in [1.165, 1.54) is 12.1 Å². The van der Waals surface area contributed by atoms with Crippen LogP contribution in [0.2, 0.25) is 0 Å². The number of carbonyl (C=O) groups is 1. The average Bonchev–Trinajstić information content (AvgIpc) is 2.33. The largest absolute Gasteiger partial charge is 0.426 e. The van der Waals surface area contributed by atoms with Gasteiger partial charge in [-0.25, -0.2) is 4.39 Å². The van der Waals surface area contributed by atoms with Crippen LogP contribution in [-0.2, 0) is 4.79 Å². The minimum Gasteiger partial charge on any atom is -0.426 e. The second kappa shape index (κ2) is 5.40. The molecule has 0 saturated carbocycles. The first-order chi connectivity index (χ1) is 9.38. The van der Waals surface area contributed by atoms with Crippen LogP contribution in [0.4, 0.5) is 4.39 Å². The van der Waals surface area contributed by atoms with E-state index in [1.54, 1.807) is 19.9 Å². The molecule has 0 spiro atoms. The van der Waals surface area contributed by atoms with Crippen LogP contribution in [0, 0.1) is 21.8 Å². The summed E-state index contributed by atoms with van der Waals surface area (Å²) in [4.78, 5) is 22.3. The maximum Gasteiger partial charge on any atom is 0.319 e. The zero-order valence-electron chi connectivity index (χ0n) is 11.1. The van der Waals surface area contributed by atoms with Crippen LogP contribution >= 0.6 is 0 Å². The molecule has 0 fully saturated rings. The molecule has 1 aliphatic rings. The highest BCUT2D eigenvalue weighted by atomic mass is 19.1. The van der Waals surface area contributed by atoms with E-state index in [9.17, 15) is 19.3 Å². The quantitative estimate of drug-likeness (QED) is 0.280. The van der Waals surface area contributed by atoms with Gasteiger partial charge >= 0.3 is 5.97 Å². The van der Waals surface area contributed by atoms with Gasteiger partial charge in [-0.05, 0) is 32.0 Å². The summed E-state index contributed by atoms with van der Waals surface area (Å²) in [5.74, 6) is -2.34. The molecule has 1 aliphatic heterocycles. The Morgan fingerprint density at radius 2 is 2.20 bits per heavy atom. The molecule has 106 valence electrons. The molecular formula is C14H14FNO4. The SMILES string of the molecule is CC(C)=C[C@@H]1C(=O)Oc2ccc(F)cc2[C@@H]1C[N+](=O)[O-]. The number of ether oxygens (including phenoxy) is 1. The Labute approximate surface area is 115 Å². The second-order valence-electron chi connectivity index (χ2n) is 4.99. The molecule has 1 heterocycles. The van der Waals surface area contributed by atoms with Crippen molar-refractivity contribution < 1.29 is 18.8 Å². The highest BCUT2D eigenvalue weighted by Gasteiger charge is 2.39. The predicted octanol–water partition coefficient (Wildman–Crippen LogP) is 2.69. The molecule has 0 radical (unpaired) electrons. The van der Waals surface area contributed by atoms with E-state index in [1.807, 2.05) is 0 Å². The molecule has 0 bridgehead atoms. The van der Waals surface area contributed by atoms with Gasteiger partial charge in [-0.15, -0.1) is 0 Å². The Morgan fingerprint density at radius 1 is 1.50 bits per heavy atom. The maximum atomic E-state index is 13.4. The van der Waals surface area contributed by atoms with Gasteiger partial charge in [0.2, 0.25) is 6.54 Å². The topological polar surface area (TPSA) is 69.4 Å². The van der Waals surface area contributed by atoms with Crippen molar-refractivity contribution in [2.75, 3.05) is 6.54 Å². The van der Waals surface area contributed by atoms with Crippen LogP contribution in [0.25, 0.3) is 0 Å². The molecule has 2 rings (SSSR count). The molecule has 0 aromatic heterocycles. The number of nitrogens with zero attached hydrogens (tertiary/aromatic N) is 1. The Balaban J connectivity index is 2.52. The molecule has 0 N–H and O–H groups in total. The molecule has 1 aromatic carbocycles. The van der Waals surface area contributed by atoms with Crippen LogP contribution in [0.1, 0.15) is 25.3 Å². The molecule has 1 aromatic rings. The zero-order valence-corrected chi connectivity index (χ0v) is 11.1. The predicted molar refractivity (Wildman–Crippen MR) is 69.6 cm³/mol. The lowest BCUT2D eigenvalue weighted by Crippen LogP contribution is -2.34. The summed E-state index contributed by atoms with van der Waals surface area (Å²) < 4.78 is 18.5. The van der Waals surface area contributed by atoms with E-state index in [0.29, 0.717) is 5.56 Å². The Morgan fingerprint density at radius 3 is 2.80 bits per heavy atom. The van der Waals surface area contributed by atoms with Gasteiger partial charge in [0, 0.05) is 10.5 Å². The number of benzene rings is 1. The summed E-state index contributed by atoms with van der Waals surface area (Å²) in [5, 5.41) is 10.8. The lowest BCUT2D eigenvalue weighted by atomic mass is 9.82. The first-order valence-corrected chi connectivity index (χ1v) is 6.16. The summed E-state index contributed by atoms with van der Waals surface area (Å²) in [6.45, 7) is 3.13. The van der Waals surface area contributed by atoms with Crippen molar-refractivity contribution in [1.82, 2.24) is 0 Å². The van der Waals surface area contributed by atoms with Gasteiger partial charge in [0.25, 0.3) is 0 Å². The summed E-state index contributed by atoms with van der Waals surface area (Å²) in [6.07, 6.45) is 1.63. The summed E-state index contributed by atoms with van der Waals surface area (Å²) in [5.41, 5.74) is 1.21. The fourth-order valence-electron chi connectivity index (χ4n) is 2.35. The summed E-state index contributed by atoms with van der Waals surface area (Å²) >= 11 is 0. The second-order valence-corrected chi connectivity index (χ2v) is 4.99. The van der Waals surface area contributed by atoms with E-state index in [-0.39, 0.29) is 5.75 Å². The van der Waals surface area contributed by atoms with E-state index >= 15 is 0 Å². The lowest BCUT2D eigenvalue weighted by Gasteiger charge is -2.28. The van der Waals surface area contributed by atoms with Gasteiger partial charge < -0.3 is 4.74 Å². The number of hydrogen-bond donors (Lipinski definition) is 0. The van der Waals surface area contributed by atoms with E-state index in [2.05, 4.69) is 0 Å². The van der Waals surface area contributed by atoms with Gasteiger partial charge in [-0.3, -0.25) is 14.9 Å². The third-order valence-electron chi connectivity index (χ3n) is 3.15. The highest BCUT2D eigenvalue weighted by molar-refractivity contribution is 5.81. The van der Waals surface area contributed by atoms with Crippen molar-refractivity contribution in [2.45, 2.75) is 19.8 Å². The number of halogens is 1. The average molecular weight is 279 g/mol. The maximum absolute atomic E-state index is 13.4. The van der Waals surface area contributed by atoms with Crippen molar-refractivity contribution in [2.24, 2.45) is 5.92 Å². The van der Waals surface area contributed by atoms with Gasteiger partial charge in [-0.2, -0.15) is 0 Å². The standard InChI is InChI=1S/C14H14FNO4/c1-8(2)5-11-12(7-16(18)19)10-6-9(15)3-4-13(10)20-14(11)17/h3-6,11-12H,7H2,1-2H3/t11-,12-/m0/s1. The van der Waals surface area contributed by atoms with Gasteiger partial charge in [0.05, 0.1) is 11.8 Å². The molecule has 0 amide bonds. The molecule has 5 nitrogen and oxygen atoms in total. The molecule has 0 unspecified atom stereocenters. The molecule has 6 heteroatoms. The molecular weight excluding hydrogens is 265 g/mol. The van der Waals surface area contributed by atoms with Crippen LogP contribution < -0.4 is 4.74 Å². The fourth-order valence-corrected chi connectivity index (χ4v) is 2.35. The number of allylic oxidation sites excluding steroid dienone is 1. The Hall–Kier alpha value is -2.24. The van der Waals surface area contributed by atoms with E-state index in [4.69, 9.17) is 4.74 Å². The Kier molecular flexibility index (Phi) is 3.83. The first-order valence-electron chi connectivity index (χ1n) is 6.16. The van der Waals surface area contributed by atoms with E-state index < -0.39 is 35.1 Å². The van der Waals surface area contributed by atoms with Crippen molar-refractivity contribution in [3.05, 3.63) is 51.3 Å². The van der Waals surface area contributed by atoms with Crippen LogP contribution in [0.5, 0.6) is 5.75 Å². The third-order valence-corrected chi connectivity index (χ3v) is 3.15. The number of nitro groups is 1. The van der Waals surface area contributed by atoms with Gasteiger partial charge in [0.1, 0.15) is 11.6 Å². The number of rotatable bonds is 3.